The molecule has 0 aliphatic carbocycles. The lowest BCUT2D eigenvalue weighted by molar-refractivity contribution is -0.115. The summed E-state index contributed by atoms with van der Waals surface area (Å²) < 4.78 is 0. The Morgan fingerprint density at radius 2 is 1.57 bits per heavy atom. The molecule has 0 radical (unpaired) electrons. The van der Waals surface area contributed by atoms with Gasteiger partial charge in [-0.15, -0.1) is 0 Å². The highest BCUT2D eigenvalue weighted by molar-refractivity contribution is 6.00. The standard InChI is InChI=1S/C19H22N2O2/c1-12-8-9-13(2)16(10-12)19(23)20-11-17(22)21-18-14(3)6-5-7-15(18)4/h5-10H,11H2,1-4H3,(H,20,23)(H,21,22). The summed E-state index contributed by atoms with van der Waals surface area (Å²) in [5.41, 5.74) is 5.31. The van der Waals surface area contributed by atoms with E-state index in [1.54, 1.807) is 0 Å². The molecule has 0 bridgehead atoms. The monoisotopic (exact) mass is 310 g/mol. The average Bonchev–Trinajstić information content (AvgIpc) is 2.51. The van der Waals surface area contributed by atoms with Gasteiger partial charge in [0.25, 0.3) is 5.91 Å². The topological polar surface area (TPSA) is 58.2 Å². The Labute approximate surface area is 136 Å². The normalized spacial score (nSPS) is 10.3. The molecule has 0 unspecified atom stereocenters. The van der Waals surface area contributed by atoms with Gasteiger partial charge in [0.1, 0.15) is 0 Å². The molecule has 0 aromatic heterocycles. The van der Waals surface area contributed by atoms with Gasteiger partial charge < -0.3 is 10.6 Å². The minimum atomic E-state index is -0.235. The molecule has 23 heavy (non-hydrogen) atoms. The van der Waals surface area contributed by atoms with Crippen LogP contribution >= 0.6 is 0 Å². The van der Waals surface area contributed by atoms with Crippen molar-refractivity contribution in [1.29, 1.82) is 0 Å². The Kier molecular flexibility index (Phi) is 5.16. The molecule has 0 atom stereocenters. The second-order valence-corrected chi connectivity index (χ2v) is 5.82. The molecule has 0 aliphatic rings. The van der Waals surface area contributed by atoms with Gasteiger partial charge in [-0.3, -0.25) is 9.59 Å². The van der Waals surface area contributed by atoms with Crippen molar-refractivity contribution < 1.29 is 9.59 Å². The summed E-state index contributed by atoms with van der Waals surface area (Å²) in [5, 5.41) is 5.53. The Balaban J connectivity index is 1.99. The molecule has 120 valence electrons. The second kappa shape index (κ2) is 7.09. The molecule has 4 nitrogen and oxygen atoms in total. The third kappa shape index (κ3) is 4.19. The second-order valence-electron chi connectivity index (χ2n) is 5.82. The number of amides is 2. The maximum atomic E-state index is 12.2. The van der Waals surface area contributed by atoms with Gasteiger partial charge in [-0.2, -0.15) is 0 Å². The lowest BCUT2D eigenvalue weighted by Crippen LogP contribution is -2.33. The predicted octanol–water partition coefficient (Wildman–Crippen LogP) is 3.29. The van der Waals surface area contributed by atoms with Gasteiger partial charge in [0.2, 0.25) is 5.91 Å². The molecule has 2 aromatic carbocycles. The van der Waals surface area contributed by atoms with E-state index in [4.69, 9.17) is 0 Å². The van der Waals surface area contributed by atoms with E-state index in [1.165, 1.54) is 0 Å². The van der Waals surface area contributed by atoms with E-state index >= 15 is 0 Å². The van der Waals surface area contributed by atoms with Crippen molar-refractivity contribution in [1.82, 2.24) is 5.32 Å². The number of carbonyl (C=O) groups is 2. The molecule has 0 aliphatic heterocycles. The third-order valence-corrected chi connectivity index (χ3v) is 3.79. The Morgan fingerprint density at radius 3 is 2.22 bits per heavy atom. The summed E-state index contributed by atoms with van der Waals surface area (Å²) in [6.45, 7) is 7.64. The van der Waals surface area contributed by atoms with Crippen LogP contribution in [0.3, 0.4) is 0 Å². The highest BCUT2D eigenvalue weighted by atomic mass is 16.2. The number of aryl methyl sites for hydroxylation is 4. The van der Waals surface area contributed by atoms with E-state index in [0.29, 0.717) is 5.56 Å². The first-order valence-electron chi connectivity index (χ1n) is 7.60. The van der Waals surface area contributed by atoms with Crippen molar-refractivity contribution >= 4 is 17.5 Å². The van der Waals surface area contributed by atoms with E-state index in [0.717, 1.165) is 27.9 Å². The SMILES string of the molecule is Cc1ccc(C)c(C(=O)NCC(=O)Nc2c(C)cccc2C)c1. The van der Waals surface area contributed by atoms with Crippen molar-refractivity contribution in [3.05, 3.63) is 64.2 Å². The first-order chi connectivity index (χ1) is 10.9. The highest BCUT2D eigenvalue weighted by Crippen LogP contribution is 2.19. The van der Waals surface area contributed by atoms with Crippen LogP contribution in [0.5, 0.6) is 0 Å². The number of nitrogens with one attached hydrogen (secondary N) is 2. The van der Waals surface area contributed by atoms with Crippen molar-refractivity contribution in [2.24, 2.45) is 0 Å². The molecule has 2 N–H and O–H groups in total. The van der Waals surface area contributed by atoms with Gasteiger partial charge in [-0.05, 0) is 50.5 Å². The van der Waals surface area contributed by atoms with Crippen LogP contribution in [0, 0.1) is 27.7 Å². The van der Waals surface area contributed by atoms with Gasteiger partial charge in [-0.25, -0.2) is 0 Å². The number of rotatable bonds is 4. The van der Waals surface area contributed by atoms with Gasteiger partial charge in [0.15, 0.2) is 0 Å². The summed E-state index contributed by atoms with van der Waals surface area (Å²) in [7, 11) is 0. The van der Waals surface area contributed by atoms with Crippen molar-refractivity contribution in [3.8, 4) is 0 Å². The van der Waals surface area contributed by atoms with Crippen LogP contribution in [0.15, 0.2) is 36.4 Å². The Bertz CT molecular complexity index is 731. The zero-order chi connectivity index (χ0) is 17.0. The molecule has 2 aromatic rings. The number of benzene rings is 2. The lowest BCUT2D eigenvalue weighted by Gasteiger charge is -2.12. The Hall–Kier alpha value is -2.62. The minimum Gasteiger partial charge on any atom is -0.343 e. The quantitative estimate of drug-likeness (QED) is 0.910. The highest BCUT2D eigenvalue weighted by Gasteiger charge is 2.12. The van der Waals surface area contributed by atoms with Crippen molar-refractivity contribution in [2.75, 3.05) is 11.9 Å². The zero-order valence-corrected chi connectivity index (χ0v) is 14.0. The number of anilines is 1. The number of hydrogen-bond acceptors (Lipinski definition) is 2. The van der Waals surface area contributed by atoms with E-state index in [-0.39, 0.29) is 18.4 Å². The van der Waals surface area contributed by atoms with E-state index < -0.39 is 0 Å². The predicted molar refractivity (Wildman–Crippen MR) is 92.8 cm³/mol. The van der Waals surface area contributed by atoms with Crippen LogP contribution in [-0.4, -0.2) is 18.4 Å². The molecular weight excluding hydrogens is 288 g/mol. The summed E-state index contributed by atoms with van der Waals surface area (Å²) in [5.74, 6) is -0.469. The molecule has 0 saturated carbocycles. The van der Waals surface area contributed by atoms with Crippen LogP contribution < -0.4 is 10.6 Å². The fourth-order valence-electron chi connectivity index (χ4n) is 2.43. The van der Waals surface area contributed by atoms with Crippen LogP contribution in [0.2, 0.25) is 0 Å². The van der Waals surface area contributed by atoms with E-state index in [2.05, 4.69) is 10.6 Å². The van der Waals surface area contributed by atoms with Crippen LogP contribution in [0.4, 0.5) is 5.69 Å². The molecule has 0 saturated heterocycles. The zero-order valence-electron chi connectivity index (χ0n) is 14.0. The van der Waals surface area contributed by atoms with Gasteiger partial charge in [0, 0.05) is 11.3 Å². The molecule has 2 amide bonds. The fourth-order valence-corrected chi connectivity index (χ4v) is 2.43. The van der Waals surface area contributed by atoms with E-state index in [9.17, 15) is 9.59 Å². The average molecular weight is 310 g/mol. The molecule has 0 heterocycles. The lowest BCUT2D eigenvalue weighted by atomic mass is 10.1. The number of hydrogen-bond donors (Lipinski definition) is 2. The molecule has 0 fully saturated rings. The summed E-state index contributed by atoms with van der Waals surface area (Å²) >= 11 is 0. The van der Waals surface area contributed by atoms with Crippen LogP contribution in [0.1, 0.15) is 32.6 Å². The smallest absolute Gasteiger partial charge is 0.251 e. The summed E-state index contributed by atoms with van der Waals surface area (Å²) in [6.07, 6.45) is 0. The molecular formula is C19H22N2O2. The van der Waals surface area contributed by atoms with Gasteiger partial charge in [0.05, 0.1) is 6.54 Å². The maximum absolute atomic E-state index is 12.2. The van der Waals surface area contributed by atoms with Crippen LogP contribution in [0.25, 0.3) is 0 Å². The van der Waals surface area contributed by atoms with Crippen molar-refractivity contribution in [3.63, 3.8) is 0 Å². The minimum absolute atomic E-state index is 0.0556. The van der Waals surface area contributed by atoms with Gasteiger partial charge >= 0.3 is 0 Å². The van der Waals surface area contributed by atoms with Gasteiger partial charge in [-0.1, -0.05) is 35.9 Å². The summed E-state index contributed by atoms with van der Waals surface area (Å²) in [4.78, 5) is 24.3. The number of carbonyl (C=O) groups excluding carboxylic acids is 2. The Morgan fingerprint density at radius 1 is 0.913 bits per heavy atom. The van der Waals surface area contributed by atoms with E-state index in [1.807, 2.05) is 64.1 Å². The fraction of sp³-hybridized carbons (Fsp3) is 0.263. The molecule has 0 spiro atoms. The molecule has 2 rings (SSSR count). The van der Waals surface area contributed by atoms with Crippen LogP contribution in [-0.2, 0) is 4.79 Å². The van der Waals surface area contributed by atoms with Crippen molar-refractivity contribution in [2.45, 2.75) is 27.7 Å². The summed E-state index contributed by atoms with van der Waals surface area (Å²) in [6, 6.07) is 11.5. The first kappa shape index (κ1) is 16.7. The number of para-hydroxylation sites is 1. The molecule has 4 heteroatoms. The largest absolute Gasteiger partial charge is 0.343 e. The third-order valence-electron chi connectivity index (χ3n) is 3.79. The first-order valence-corrected chi connectivity index (χ1v) is 7.60. The maximum Gasteiger partial charge on any atom is 0.251 e.